The molecule has 0 fully saturated rings. The molecule has 0 bridgehead atoms. The Balaban J connectivity index is 2.33. The van der Waals surface area contributed by atoms with E-state index in [4.69, 9.17) is 26.0 Å². The molecule has 0 unspecified atom stereocenters. The number of nitriles is 1. The van der Waals surface area contributed by atoms with Crippen LogP contribution in [0.5, 0.6) is 11.5 Å². The SMILES string of the molecule is C=C/C=C(/Oc1ccc(N)c(F)c1)c1cc(C#N)c(OCCCCO)cc1N. The highest BCUT2D eigenvalue weighted by molar-refractivity contribution is 5.76. The number of ether oxygens (including phenoxy) is 2. The van der Waals surface area contributed by atoms with Crippen LogP contribution in [-0.2, 0) is 0 Å². The summed E-state index contributed by atoms with van der Waals surface area (Å²) in [6, 6.07) is 9.22. The first-order valence-electron chi connectivity index (χ1n) is 8.63. The molecule has 0 atom stereocenters. The van der Waals surface area contributed by atoms with Gasteiger partial charge >= 0.3 is 0 Å². The summed E-state index contributed by atoms with van der Waals surface area (Å²) < 4.78 is 25.0. The summed E-state index contributed by atoms with van der Waals surface area (Å²) in [5.41, 5.74) is 12.7. The predicted octanol–water partition coefficient (Wildman–Crippen LogP) is 3.62. The third kappa shape index (κ3) is 5.25. The number of nitrogen functional groups attached to an aromatic ring is 2. The summed E-state index contributed by atoms with van der Waals surface area (Å²) in [5.74, 6) is 0.257. The largest absolute Gasteiger partial charge is 0.492 e. The molecule has 0 spiro atoms. The molecule has 0 aromatic heterocycles. The number of unbranched alkanes of at least 4 members (excludes halogenated alkanes) is 1. The van der Waals surface area contributed by atoms with Crippen molar-refractivity contribution in [2.75, 3.05) is 24.7 Å². The molecule has 2 aromatic carbocycles. The fourth-order valence-electron chi connectivity index (χ4n) is 2.40. The van der Waals surface area contributed by atoms with Crippen molar-refractivity contribution in [3.8, 4) is 17.6 Å². The molecule has 146 valence electrons. The molecule has 0 aliphatic rings. The van der Waals surface area contributed by atoms with E-state index in [1.165, 1.54) is 24.3 Å². The number of halogens is 1. The Hall–Kier alpha value is -3.50. The van der Waals surface area contributed by atoms with E-state index in [-0.39, 0.29) is 23.6 Å². The minimum atomic E-state index is -0.604. The van der Waals surface area contributed by atoms with Gasteiger partial charge in [0.25, 0.3) is 0 Å². The van der Waals surface area contributed by atoms with Gasteiger partial charge < -0.3 is 26.0 Å². The van der Waals surface area contributed by atoms with E-state index in [9.17, 15) is 9.65 Å². The van der Waals surface area contributed by atoms with Crippen LogP contribution in [0, 0.1) is 17.1 Å². The molecular weight excluding hydrogens is 361 g/mol. The Bertz CT molecular complexity index is 920. The summed E-state index contributed by atoms with van der Waals surface area (Å²) >= 11 is 0. The average molecular weight is 383 g/mol. The van der Waals surface area contributed by atoms with E-state index in [1.54, 1.807) is 12.1 Å². The van der Waals surface area contributed by atoms with E-state index in [0.29, 0.717) is 42.2 Å². The van der Waals surface area contributed by atoms with Crippen molar-refractivity contribution >= 4 is 17.1 Å². The Morgan fingerprint density at radius 1 is 1.21 bits per heavy atom. The quantitative estimate of drug-likeness (QED) is 0.264. The highest BCUT2D eigenvalue weighted by Gasteiger charge is 2.15. The van der Waals surface area contributed by atoms with Crippen molar-refractivity contribution in [1.82, 2.24) is 0 Å². The Kier molecular flexibility index (Phi) is 7.43. The van der Waals surface area contributed by atoms with Crippen molar-refractivity contribution in [3.63, 3.8) is 0 Å². The zero-order valence-electron chi connectivity index (χ0n) is 15.3. The minimum Gasteiger partial charge on any atom is -0.492 e. The molecule has 0 aliphatic heterocycles. The van der Waals surface area contributed by atoms with Crippen LogP contribution in [0.25, 0.3) is 5.76 Å². The number of aliphatic hydroxyl groups is 1. The molecule has 7 heteroatoms. The summed E-state index contributed by atoms with van der Waals surface area (Å²) in [4.78, 5) is 0. The van der Waals surface area contributed by atoms with Crippen LogP contribution in [0.4, 0.5) is 15.8 Å². The van der Waals surface area contributed by atoms with Gasteiger partial charge in [0.1, 0.15) is 29.1 Å². The van der Waals surface area contributed by atoms with E-state index in [1.807, 2.05) is 0 Å². The number of aliphatic hydroxyl groups excluding tert-OH is 1. The number of nitrogens with zero attached hydrogens (tertiary/aromatic N) is 1. The highest BCUT2D eigenvalue weighted by atomic mass is 19.1. The number of hydrogen-bond acceptors (Lipinski definition) is 6. The van der Waals surface area contributed by atoms with Gasteiger partial charge in [-0.05, 0) is 37.1 Å². The van der Waals surface area contributed by atoms with E-state index < -0.39 is 5.82 Å². The Labute approximate surface area is 163 Å². The van der Waals surface area contributed by atoms with Crippen LogP contribution in [0.1, 0.15) is 24.0 Å². The molecule has 0 radical (unpaired) electrons. The lowest BCUT2D eigenvalue weighted by molar-refractivity contribution is 0.253. The summed E-state index contributed by atoms with van der Waals surface area (Å²) in [7, 11) is 0. The van der Waals surface area contributed by atoms with Gasteiger partial charge in [0.05, 0.1) is 17.9 Å². The van der Waals surface area contributed by atoms with Crippen LogP contribution in [-0.4, -0.2) is 18.3 Å². The third-order valence-electron chi connectivity index (χ3n) is 3.82. The average Bonchev–Trinajstić information content (AvgIpc) is 2.68. The standard InChI is InChI=1S/C21H22FN3O3/c1-2-5-20(28-15-6-7-18(24)17(22)11-15)16-10-14(13-23)21(12-19(16)25)27-9-4-3-8-26/h2,5-7,10-12,26H,1,3-4,8-9,24-25H2/b20-5+. The molecule has 5 N–H and O–H groups in total. The van der Waals surface area contributed by atoms with Gasteiger partial charge in [0.15, 0.2) is 0 Å². The molecule has 28 heavy (non-hydrogen) atoms. The van der Waals surface area contributed by atoms with Gasteiger partial charge in [-0.15, -0.1) is 0 Å². The van der Waals surface area contributed by atoms with Crippen LogP contribution in [0.3, 0.4) is 0 Å². The van der Waals surface area contributed by atoms with Crippen LogP contribution in [0.15, 0.2) is 49.1 Å². The lowest BCUT2D eigenvalue weighted by Gasteiger charge is -2.15. The normalized spacial score (nSPS) is 11.0. The fraction of sp³-hybridized carbons (Fsp3) is 0.190. The van der Waals surface area contributed by atoms with Crippen LogP contribution >= 0.6 is 0 Å². The second-order valence-electron chi connectivity index (χ2n) is 5.88. The first kappa shape index (κ1) is 20.8. The third-order valence-corrected chi connectivity index (χ3v) is 3.82. The van der Waals surface area contributed by atoms with Crippen molar-refractivity contribution in [3.05, 3.63) is 66.0 Å². The maximum Gasteiger partial charge on any atom is 0.149 e. The number of benzene rings is 2. The smallest absolute Gasteiger partial charge is 0.149 e. The molecule has 6 nitrogen and oxygen atoms in total. The zero-order valence-corrected chi connectivity index (χ0v) is 15.3. The van der Waals surface area contributed by atoms with Gasteiger partial charge in [-0.3, -0.25) is 0 Å². The molecule has 0 saturated carbocycles. The number of rotatable bonds is 9. The van der Waals surface area contributed by atoms with Gasteiger partial charge in [-0.1, -0.05) is 12.7 Å². The van der Waals surface area contributed by atoms with Gasteiger partial charge in [0, 0.05) is 30.0 Å². The topological polar surface area (TPSA) is 115 Å². The number of nitrogens with two attached hydrogens (primary N) is 2. The van der Waals surface area contributed by atoms with E-state index in [2.05, 4.69) is 12.6 Å². The lowest BCUT2D eigenvalue weighted by atomic mass is 10.1. The molecule has 0 heterocycles. The monoisotopic (exact) mass is 383 g/mol. The second-order valence-corrected chi connectivity index (χ2v) is 5.88. The first-order chi connectivity index (χ1) is 13.5. The van der Waals surface area contributed by atoms with Crippen molar-refractivity contribution in [2.45, 2.75) is 12.8 Å². The predicted molar refractivity (Wildman–Crippen MR) is 107 cm³/mol. The number of anilines is 2. The zero-order chi connectivity index (χ0) is 20.5. The molecular formula is C21H22FN3O3. The number of allylic oxidation sites excluding steroid dienone is 2. The highest BCUT2D eigenvalue weighted by Crippen LogP contribution is 2.32. The Morgan fingerprint density at radius 2 is 2.00 bits per heavy atom. The molecule has 0 aliphatic carbocycles. The van der Waals surface area contributed by atoms with Gasteiger partial charge in [0.2, 0.25) is 0 Å². The molecule has 0 saturated heterocycles. The Morgan fingerprint density at radius 3 is 2.64 bits per heavy atom. The number of hydrogen-bond donors (Lipinski definition) is 3. The van der Waals surface area contributed by atoms with Crippen molar-refractivity contribution < 1.29 is 19.0 Å². The van der Waals surface area contributed by atoms with Crippen LogP contribution in [0.2, 0.25) is 0 Å². The second kappa shape index (κ2) is 10.00. The van der Waals surface area contributed by atoms with Gasteiger partial charge in [-0.25, -0.2) is 4.39 Å². The van der Waals surface area contributed by atoms with E-state index >= 15 is 0 Å². The summed E-state index contributed by atoms with van der Waals surface area (Å²) in [5, 5.41) is 18.3. The molecule has 2 rings (SSSR count). The van der Waals surface area contributed by atoms with Crippen molar-refractivity contribution in [2.24, 2.45) is 0 Å². The minimum absolute atomic E-state index is 0.00980. The first-order valence-corrected chi connectivity index (χ1v) is 8.63. The van der Waals surface area contributed by atoms with Crippen molar-refractivity contribution in [1.29, 1.82) is 5.26 Å². The summed E-state index contributed by atoms with van der Waals surface area (Å²) in [6.07, 6.45) is 4.31. The fourth-order valence-corrected chi connectivity index (χ4v) is 2.40. The van der Waals surface area contributed by atoms with Gasteiger partial charge in [-0.2, -0.15) is 5.26 Å². The molecule has 0 amide bonds. The maximum atomic E-state index is 13.7. The summed E-state index contributed by atoms with van der Waals surface area (Å²) in [6.45, 7) is 4.08. The molecule has 2 aromatic rings. The van der Waals surface area contributed by atoms with E-state index in [0.717, 1.165) is 6.07 Å². The maximum absolute atomic E-state index is 13.7. The lowest BCUT2D eigenvalue weighted by Crippen LogP contribution is -2.05. The van der Waals surface area contributed by atoms with Crippen LogP contribution < -0.4 is 20.9 Å².